The topological polar surface area (TPSA) is 62.3 Å². The van der Waals surface area contributed by atoms with Gasteiger partial charge in [0.2, 0.25) is 10.0 Å². The zero-order chi connectivity index (χ0) is 17.0. The fraction of sp³-hybridized carbons (Fsp3) is 0.353. The average molecular weight is 349 g/mol. The Bertz CT molecular complexity index is 783. The minimum absolute atomic E-state index is 0.0376. The number of nitrogens with one attached hydrogen (secondary N) is 1. The van der Waals surface area contributed by atoms with Crippen molar-refractivity contribution in [1.82, 2.24) is 14.6 Å². The summed E-state index contributed by atoms with van der Waals surface area (Å²) in [6.45, 7) is 2.22. The molecule has 1 fully saturated rings. The summed E-state index contributed by atoms with van der Waals surface area (Å²) in [4.78, 5) is 6.46. The van der Waals surface area contributed by atoms with Crippen LogP contribution in [0.25, 0.3) is 0 Å². The van der Waals surface area contributed by atoms with Gasteiger partial charge in [-0.05, 0) is 49.7 Å². The Morgan fingerprint density at radius 3 is 2.88 bits per heavy atom. The van der Waals surface area contributed by atoms with Gasteiger partial charge in [-0.15, -0.1) is 0 Å². The molecule has 5 nitrogen and oxygen atoms in total. The van der Waals surface area contributed by atoms with E-state index in [0.717, 1.165) is 31.1 Å². The van der Waals surface area contributed by atoms with Crippen LogP contribution in [0.5, 0.6) is 0 Å². The molecule has 2 heterocycles. The fourth-order valence-electron chi connectivity index (χ4n) is 2.94. The molecule has 0 spiro atoms. The van der Waals surface area contributed by atoms with Crippen LogP contribution in [0.4, 0.5) is 4.39 Å². The second-order valence-electron chi connectivity index (χ2n) is 5.97. The van der Waals surface area contributed by atoms with Crippen molar-refractivity contribution >= 4 is 10.0 Å². The lowest BCUT2D eigenvalue weighted by atomic mass is 10.1. The van der Waals surface area contributed by atoms with E-state index in [1.165, 1.54) is 18.2 Å². The van der Waals surface area contributed by atoms with Gasteiger partial charge in [-0.3, -0.25) is 9.88 Å². The summed E-state index contributed by atoms with van der Waals surface area (Å²) in [6.07, 6.45) is 3.43. The Balaban J connectivity index is 1.64. The normalized spacial score (nSPS) is 19.3. The van der Waals surface area contributed by atoms with E-state index in [-0.39, 0.29) is 10.9 Å². The maximum Gasteiger partial charge on any atom is 0.240 e. The van der Waals surface area contributed by atoms with E-state index < -0.39 is 15.8 Å². The number of halogens is 1. The van der Waals surface area contributed by atoms with Crippen LogP contribution in [0.2, 0.25) is 0 Å². The zero-order valence-corrected chi connectivity index (χ0v) is 14.0. The lowest BCUT2D eigenvalue weighted by Crippen LogP contribution is -2.47. The van der Waals surface area contributed by atoms with Crippen LogP contribution >= 0.6 is 0 Å². The first-order valence-corrected chi connectivity index (χ1v) is 9.41. The predicted octanol–water partition coefficient (Wildman–Crippen LogP) is 2.16. The van der Waals surface area contributed by atoms with Gasteiger partial charge in [0.15, 0.2) is 0 Å². The number of hydrogen-bond acceptors (Lipinski definition) is 4. The van der Waals surface area contributed by atoms with E-state index >= 15 is 0 Å². The number of nitrogens with zero attached hydrogens (tertiary/aromatic N) is 2. The highest BCUT2D eigenvalue weighted by Gasteiger charge is 2.25. The van der Waals surface area contributed by atoms with Crippen LogP contribution in [-0.4, -0.2) is 37.4 Å². The highest BCUT2D eigenvalue weighted by Crippen LogP contribution is 2.16. The first kappa shape index (κ1) is 17.0. The molecule has 0 radical (unpaired) electrons. The SMILES string of the molecule is O=S(=O)(N[C@H]1CCCN(Cc2ccccn2)C1)c1cccc(F)c1. The van der Waals surface area contributed by atoms with Gasteiger partial charge in [0, 0.05) is 25.3 Å². The summed E-state index contributed by atoms with van der Waals surface area (Å²) in [7, 11) is -3.71. The lowest BCUT2D eigenvalue weighted by molar-refractivity contribution is 0.192. The predicted molar refractivity (Wildman–Crippen MR) is 89.3 cm³/mol. The van der Waals surface area contributed by atoms with Crippen molar-refractivity contribution in [2.45, 2.75) is 30.3 Å². The Morgan fingerprint density at radius 2 is 2.12 bits per heavy atom. The summed E-state index contributed by atoms with van der Waals surface area (Å²) in [6, 6.07) is 10.7. The largest absolute Gasteiger partial charge is 0.296 e. The molecule has 1 aliphatic heterocycles. The summed E-state index contributed by atoms with van der Waals surface area (Å²) >= 11 is 0. The Kier molecular flexibility index (Phi) is 5.23. The van der Waals surface area contributed by atoms with Crippen molar-refractivity contribution in [3.8, 4) is 0 Å². The number of hydrogen-bond donors (Lipinski definition) is 1. The van der Waals surface area contributed by atoms with Crippen LogP contribution in [0.3, 0.4) is 0 Å². The third-order valence-corrected chi connectivity index (χ3v) is 5.56. The first-order valence-electron chi connectivity index (χ1n) is 7.93. The van der Waals surface area contributed by atoms with Gasteiger partial charge in [-0.25, -0.2) is 17.5 Å². The Labute approximate surface area is 141 Å². The number of pyridine rings is 1. The van der Waals surface area contributed by atoms with Crippen molar-refractivity contribution in [3.63, 3.8) is 0 Å². The average Bonchev–Trinajstić information content (AvgIpc) is 2.56. The van der Waals surface area contributed by atoms with Gasteiger partial charge < -0.3 is 0 Å². The lowest BCUT2D eigenvalue weighted by Gasteiger charge is -2.32. The van der Waals surface area contributed by atoms with Gasteiger partial charge in [0.25, 0.3) is 0 Å². The number of benzene rings is 1. The van der Waals surface area contributed by atoms with Crippen molar-refractivity contribution < 1.29 is 12.8 Å². The summed E-state index contributed by atoms with van der Waals surface area (Å²) in [5, 5.41) is 0. The molecule has 3 rings (SSSR count). The maximum absolute atomic E-state index is 13.3. The Hall–Kier alpha value is -1.83. The number of likely N-dealkylation sites (tertiary alicyclic amines) is 1. The number of aromatic nitrogens is 1. The quantitative estimate of drug-likeness (QED) is 0.899. The molecule has 2 aromatic rings. The Morgan fingerprint density at radius 1 is 1.25 bits per heavy atom. The van der Waals surface area contributed by atoms with E-state index in [0.29, 0.717) is 13.1 Å². The van der Waals surface area contributed by atoms with Crippen LogP contribution in [0.1, 0.15) is 18.5 Å². The molecule has 1 aromatic carbocycles. The van der Waals surface area contributed by atoms with E-state index in [1.807, 2.05) is 18.2 Å². The molecule has 1 N–H and O–H groups in total. The second kappa shape index (κ2) is 7.38. The van der Waals surface area contributed by atoms with Crippen molar-refractivity contribution in [3.05, 3.63) is 60.2 Å². The minimum atomic E-state index is -3.71. The second-order valence-corrected chi connectivity index (χ2v) is 7.69. The molecule has 7 heteroatoms. The van der Waals surface area contributed by atoms with Gasteiger partial charge >= 0.3 is 0 Å². The van der Waals surface area contributed by atoms with E-state index in [9.17, 15) is 12.8 Å². The summed E-state index contributed by atoms with van der Waals surface area (Å²) in [5.74, 6) is -0.557. The summed E-state index contributed by atoms with van der Waals surface area (Å²) < 4.78 is 40.8. The first-order chi connectivity index (χ1) is 11.5. The van der Waals surface area contributed by atoms with Crippen molar-refractivity contribution in [2.75, 3.05) is 13.1 Å². The highest BCUT2D eigenvalue weighted by atomic mass is 32.2. The fourth-order valence-corrected chi connectivity index (χ4v) is 4.23. The maximum atomic E-state index is 13.3. The summed E-state index contributed by atoms with van der Waals surface area (Å²) in [5.41, 5.74) is 0.964. The van der Waals surface area contributed by atoms with Crippen LogP contribution in [0.15, 0.2) is 53.6 Å². The van der Waals surface area contributed by atoms with E-state index in [4.69, 9.17) is 0 Å². The molecule has 1 atom stereocenters. The standard InChI is InChI=1S/C17H20FN3O2S/c18-14-5-3-8-17(11-14)24(22,23)20-16-7-4-10-21(13-16)12-15-6-1-2-9-19-15/h1-3,5-6,8-9,11,16,20H,4,7,10,12-13H2/t16-/m0/s1. The molecule has 24 heavy (non-hydrogen) atoms. The van der Waals surface area contributed by atoms with Crippen molar-refractivity contribution in [1.29, 1.82) is 0 Å². The van der Waals surface area contributed by atoms with Crippen LogP contribution < -0.4 is 4.72 Å². The molecule has 0 amide bonds. The molecule has 0 aliphatic carbocycles. The van der Waals surface area contributed by atoms with E-state index in [2.05, 4.69) is 14.6 Å². The molecular weight excluding hydrogens is 329 g/mol. The number of sulfonamides is 1. The third kappa shape index (κ3) is 4.37. The van der Waals surface area contributed by atoms with Gasteiger partial charge in [0.05, 0.1) is 10.6 Å². The molecule has 0 bridgehead atoms. The van der Waals surface area contributed by atoms with Crippen LogP contribution in [0, 0.1) is 5.82 Å². The molecule has 0 unspecified atom stereocenters. The zero-order valence-electron chi connectivity index (χ0n) is 13.2. The van der Waals surface area contributed by atoms with E-state index in [1.54, 1.807) is 6.20 Å². The van der Waals surface area contributed by atoms with Crippen LogP contribution in [-0.2, 0) is 16.6 Å². The van der Waals surface area contributed by atoms with Crippen molar-refractivity contribution in [2.24, 2.45) is 0 Å². The van der Waals surface area contributed by atoms with Gasteiger partial charge in [-0.2, -0.15) is 0 Å². The molecule has 1 saturated heterocycles. The number of rotatable bonds is 5. The molecule has 1 aliphatic rings. The third-order valence-electron chi connectivity index (χ3n) is 4.05. The highest BCUT2D eigenvalue weighted by molar-refractivity contribution is 7.89. The molecule has 128 valence electrons. The minimum Gasteiger partial charge on any atom is -0.296 e. The molecular formula is C17H20FN3O2S. The molecule has 0 saturated carbocycles. The van der Waals surface area contributed by atoms with Gasteiger partial charge in [0.1, 0.15) is 5.82 Å². The molecule has 1 aromatic heterocycles. The number of piperidine rings is 1. The monoisotopic (exact) mass is 349 g/mol. The van der Waals surface area contributed by atoms with Gasteiger partial charge in [-0.1, -0.05) is 12.1 Å². The smallest absolute Gasteiger partial charge is 0.240 e.